The average Bonchev–Trinajstić information content (AvgIpc) is 2.73. The number of hydrogen-bond donors (Lipinski definition) is 1. The van der Waals surface area contributed by atoms with Crippen LogP contribution in [0.1, 0.15) is 27.5 Å². The van der Waals surface area contributed by atoms with Crippen LogP contribution >= 0.6 is 11.6 Å². The molecule has 1 N–H and O–H groups in total. The summed E-state index contributed by atoms with van der Waals surface area (Å²) < 4.78 is 16.0. The number of aryl methyl sites for hydroxylation is 1. The summed E-state index contributed by atoms with van der Waals surface area (Å²) >= 11 is 6.28. The van der Waals surface area contributed by atoms with Gasteiger partial charge in [0.1, 0.15) is 0 Å². The first kappa shape index (κ1) is 21.4. The van der Waals surface area contributed by atoms with Crippen molar-refractivity contribution in [1.29, 1.82) is 0 Å². The molecule has 0 saturated carbocycles. The van der Waals surface area contributed by atoms with Gasteiger partial charge in [-0.1, -0.05) is 41.4 Å². The summed E-state index contributed by atoms with van der Waals surface area (Å²) in [6.45, 7) is 5.87. The summed E-state index contributed by atoms with van der Waals surface area (Å²) in [6, 6.07) is 11.3. The summed E-state index contributed by atoms with van der Waals surface area (Å²) in [4.78, 5) is 15.3. The fourth-order valence-corrected chi connectivity index (χ4v) is 3.65. The highest BCUT2D eigenvalue weighted by Crippen LogP contribution is 2.36. The van der Waals surface area contributed by atoms with Gasteiger partial charge in [0.05, 0.1) is 38.5 Å². The standard InChI is InChI=1S/C22H27ClN2O4/c1-15-4-6-16(7-5-15)19(14-25-8-10-29-11-9-25)24-22(26)17-12-18(23)21(28-3)20(13-17)27-2/h4-7,12-13,19H,8-11,14H2,1-3H3,(H,24,26). The Hall–Kier alpha value is -2.28. The number of halogens is 1. The van der Waals surface area contributed by atoms with Crippen LogP contribution in [0.25, 0.3) is 0 Å². The Bertz CT molecular complexity index is 835. The maximum atomic E-state index is 13.0. The number of hydrogen-bond acceptors (Lipinski definition) is 5. The fourth-order valence-electron chi connectivity index (χ4n) is 3.37. The predicted molar refractivity (Wildman–Crippen MR) is 113 cm³/mol. The van der Waals surface area contributed by atoms with Gasteiger partial charge in [-0.15, -0.1) is 0 Å². The number of methoxy groups -OCH3 is 2. The van der Waals surface area contributed by atoms with E-state index in [0.717, 1.165) is 18.7 Å². The number of nitrogens with one attached hydrogen (secondary N) is 1. The van der Waals surface area contributed by atoms with Crippen molar-refractivity contribution >= 4 is 17.5 Å². The van der Waals surface area contributed by atoms with Crippen LogP contribution in [-0.2, 0) is 4.74 Å². The number of ether oxygens (including phenoxy) is 3. The second-order valence-electron chi connectivity index (χ2n) is 7.04. The monoisotopic (exact) mass is 418 g/mol. The number of rotatable bonds is 7. The highest BCUT2D eigenvalue weighted by Gasteiger charge is 2.22. The van der Waals surface area contributed by atoms with Crippen molar-refractivity contribution in [2.45, 2.75) is 13.0 Å². The summed E-state index contributed by atoms with van der Waals surface area (Å²) in [5.74, 6) is 0.617. The molecule has 1 amide bonds. The molecule has 0 spiro atoms. The van der Waals surface area contributed by atoms with Crippen LogP contribution in [0.15, 0.2) is 36.4 Å². The van der Waals surface area contributed by atoms with Gasteiger partial charge in [0.25, 0.3) is 5.91 Å². The minimum absolute atomic E-state index is 0.159. The number of amides is 1. The van der Waals surface area contributed by atoms with Gasteiger partial charge < -0.3 is 19.5 Å². The van der Waals surface area contributed by atoms with E-state index in [1.54, 1.807) is 12.1 Å². The van der Waals surface area contributed by atoms with Gasteiger partial charge in [-0.2, -0.15) is 0 Å². The highest BCUT2D eigenvalue weighted by molar-refractivity contribution is 6.32. The molecule has 1 fully saturated rings. The zero-order valence-corrected chi connectivity index (χ0v) is 17.8. The Balaban J connectivity index is 1.83. The number of carbonyl (C=O) groups excluding carboxylic acids is 1. The molecule has 7 heteroatoms. The van der Waals surface area contributed by atoms with Gasteiger partial charge in [-0.3, -0.25) is 9.69 Å². The van der Waals surface area contributed by atoms with Crippen molar-refractivity contribution in [3.05, 3.63) is 58.1 Å². The zero-order chi connectivity index (χ0) is 20.8. The lowest BCUT2D eigenvalue weighted by molar-refractivity contribution is 0.0332. The molecule has 0 radical (unpaired) electrons. The van der Waals surface area contributed by atoms with Crippen molar-refractivity contribution in [2.75, 3.05) is 47.1 Å². The Morgan fingerprint density at radius 1 is 1.17 bits per heavy atom. The van der Waals surface area contributed by atoms with Crippen LogP contribution < -0.4 is 14.8 Å². The van der Waals surface area contributed by atoms with E-state index in [0.29, 0.717) is 41.8 Å². The first-order chi connectivity index (χ1) is 14.0. The van der Waals surface area contributed by atoms with Crippen LogP contribution in [0, 0.1) is 6.92 Å². The third kappa shape index (κ3) is 5.41. The molecule has 0 bridgehead atoms. The summed E-state index contributed by atoms with van der Waals surface area (Å²) in [5.41, 5.74) is 2.66. The molecule has 1 saturated heterocycles. The Morgan fingerprint density at radius 3 is 2.48 bits per heavy atom. The molecule has 3 rings (SSSR count). The molecular weight excluding hydrogens is 392 g/mol. The van der Waals surface area contributed by atoms with Gasteiger partial charge >= 0.3 is 0 Å². The first-order valence-corrected chi connectivity index (χ1v) is 9.98. The largest absolute Gasteiger partial charge is 0.493 e. The van der Waals surface area contributed by atoms with Crippen molar-refractivity contribution in [1.82, 2.24) is 10.2 Å². The minimum Gasteiger partial charge on any atom is -0.493 e. The molecular formula is C22H27ClN2O4. The topological polar surface area (TPSA) is 60.0 Å². The lowest BCUT2D eigenvalue weighted by Crippen LogP contribution is -2.43. The predicted octanol–water partition coefficient (Wildman–Crippen LogP) is 3.47. The maximum Gasteiger partial charge on any atom is 0.252 e. The Kier molecular flexibility index (Phi) is 7.36. The van der Waals surface area contributed by atoms with Crippen molar-refractivity contribution in [2.24, 2.45) is 0 Å². The summed E-state index contributed by atoms with van der Waals surface area (Å²) in [6.07, 6.45) is 0. The normalized spacial score (nSPS) is 15.6. The van der Waals surface area contributed by atoms with E-state index in [9.17, 15) is 4.79 Å². The van der Waals surface area contributed by atoms with Gasteiger partial charge in [0.15, 0.2) is 11.5 Å². The number of carbonyl (C=O) groups is 1. The van der Waals surface area contributed by atoms with Crippen molar-refractivity contribution < 1.29 is 19.0 Å². The van der Waals surface area contributed by atoms with Crippen molar-refractivity contribution in [3.8, 4) is 11.5 Å². The lowest BCUT2D eigenvalue weighted by atomic mass is 10.0. The van der Waals surface area contributed by atoms with E-state index in [1.807, 2.05) is 6.92 Å². The molecule has 0 aromatic heterocycles. The summed E-state index contributed by atoms with van der Waals surface area (Å²) in [5, 5.41) is 3.49. The lowest BCUT2D eigenvalue weighted by Gasteiger charge is -2.31. The van der Waals surface area contributed by atoms with E-state index in [2.05, 4.69) is 34.5 Å². The third-order valence-corrected chi connectivity index (χ3v) is 5.31. The molecule has 2 aromatic rings. The van der Waals surface area contributed by atoms with E-state index in [-0.39, 0.29) is 11.9 Å². The molecule has 29 heavy (non-hydrogen) atoms. The van der Waals surface area contributed by atoms with Crippen LogP contribution in [0.5, 0.6) is 11.5 Å². The molecule has 1 aliphatic heterocycles. The maximum absolute atomic E-state index is 13.0. The van der Waals surface area contributed by atoms with E-state index in [1.165, 1.54) is 19.8 Å². The number of morpholine rings is 1. The highest BCUT2D eigenvalue weighted by atomic mass is 35.5. The SMILES string of the molecule is COc1cc(C(=O)NC(CN2CCOCC2)c2ccc(C)cc2)cc(Cl)c1OC. The van der Waals surface area contributed by atoms with Crippen LogP contribution in [0.2, 0.25) is 5.02 Å². The van der Waals surface area contributed by atoms with Crippen LogP contribution in [-0.4, -0.2) is 57.9 Å². The van der Waals surface area contributed by atoms with Gasteiger partial charge in [0, 0.05) is 25.2 Å². The first-order valence-electron chi connectivity index (χ1n) is 9.61. The Labute approximate surface area is 176 Å². The number of benzene rings is 2. The molecule has 1 unspecified atom stereocenters. The molecule has 0 aliphatic carbocycles. The molecule has 1 atom stereocenters. The minimum atomic E-state index is -0.216. The molecule has 1 aliphatic rings. The van der Waals surface area contributed by atoms with Crippen LogP contribution in [0.4, 0.5) is 0 Å². The van der Waals surface area contributed by atoms with Gasteiger partial charge in [0.2, 0.25) is 0 Å². The van der Waals surface area contributed by atoms with Crippen molar-refractivity contribution in [3.63, 3.8) is 0 Å². The Morgan fingerprint density at radius 2 is 1.86 bits per heavy atom. The molecule has 2 aromatic carbocycles. The smallest absolute Gasteiger partial charge is 0.252 e. The molecule has 156 valence electrons. The van der Waals surface area contributed by atoms with E-state index < -0.39 is 0 Å². The van der Waals surface area contributed by atoms with E-state index >= 15 is 0 Å². The zero-order valence-electron chi connectivity index (χ0n) is 17.0. The van der Waals surface area contributed by atoms with E-state index in [4.69, 9.17) is 25.8 Å². The molecule has 1 heterocycles. The third-order valence-electron chi connectivity index (χ3n) is 5.03. The second-order valence-corrected chi connectivity index (χ2v) is 7.45. The fraction of sp³-hybridized carbons (Fsp3) is 0.409. The summed E-state index contributed by atoms with van der Waals surface area (Å²) in [7, 11) is 3.03. The molecule has 6 nitrogen and oxygen atoms in total. The van der Waals surface area contributed by atoms with Gasteiger partial charge in [-0.25, -0.2) is 0 Å². The van der Waals surface area contributed by atoms with Gasteiger partial charge in [-0.05, 0) is 24.6 Å². The quantitative estimate of drug-likeness (QED) is 0.746. The second kappa shape index (κ2) is 9.96. The average molecular weight is 419 g/mol. The van der Waals surface area contributed by atoms with Crippen LogP contribution in [0.3, 0.4) is 0 Å². The number of nitrogens with zero attached hydrogens (tertiary/aromatic N) is 1.